The molecule has 1 aliphatic carbocycles. The van der Waals surface area contributed by atoms with Gasteiger partial charge in [-0.25, -0.2) is 0 Å². The van der Waals surface area contributed by atoms with Crippen LogP contribution in [0.2, 0.25) is 0 Å². The maximum Gasteiger partial charge on any atom is 0.234 e. The molecule has 0 saturated heterocycles. The molecule has 0 bridgehead atoms. The smallest absolute Gasteiger partial charge is 0.234 e. The third-order valence-corrected chi connectivity index (χ3v) is 4.62. The van der Waals surface area contributed by atoms with Crippen molar-refractivity contribution in [1.82, 2.24) is 15.1 Å². The van der Waals surface area contributed by atoms with Crippen LogP contribution in [0.1, 0.15) is 38.5 Å². The molecule has 2 N–H and O–H groups in total. The standard InChI is InChI=1S/C14H17BrN4O/c1-14(7-3-2-4-11(14)16)13-18-12(19-20-13)10-6-5-9(15)8-17-10/h5-6,8,11H,2-4,7,16H2,1H3. The van der Waals surface area contributed by atoms with E-state index in [-0.39, 0.29) is 11.5 Å². The number of hydrogen-bond donors (Lipinski definition) is 1. The quantitative estimate of drug-likeness (QED) is 0.911. The predicted octanol–water partition coefficient (Wildman–Crippen LogP) is 3.05. The molecule has 2 aromatic heterocycles. The van der Waals surface area contributed by atoms with E-state index in [1.807, 2.05) is 12.1 Å². The van der Waals surface area contributed by atoms with Crippen molar-refractivity contribution in [2.45, 2.75) is 44.1 Å². The van der Waals surface area contributed by atoms with Crippen LogP contribution in [-0.2, 0) is 5.41 Å². The molecule has 2 heterocycles. The van der Waals surface area contributed by atoms with Gasteiger partial charge in [-0.3, -0.25) is 4.98 Å². The highest BCUT2D eigenvalue weighted by Gasteiger charge is 2.40. The molecule has 0 amide bonds. The third kappa shape index (κ3) is 2.38. The molecule has 2 unspecified atom stereocenters. The molecule has 1 fully saturated rings. The van der Waals surface area contributed by atoms with Gasteiger partial charge in [-0.1, -0.05) is 18.0 Å². The van der Waals surface area contributed by atoms with Crippen LogP contribution in [-0.4, -0.2) is 21.2 Å². The Morgan fingerprint density at radius 1 is 1.40 bits per heavy atom. The molecule has 2 aromatic rings. The van der Waals surface area contributed by atoms with Crippen molar-refractivity contribution < 1.29 is 4.52 Å². The van der Waals surface area contributed by atoms with Crippen LogP contribution in [0.25, 0.3) is 11.5 Å². The molecule has 106 valence electrons. The Kier molecular flexibility index (Phi) is 3.60. The van der Waals surface area contributed by atoms with Crippen LogP contribution >= 0.6 is 15.9 Å². The Balaban J connectivity index is 1.91. The lowest BCUT2D eigenvalue weighted by Gasteiger charge is -2.35. The summed E-state index contributed by atoms with van der Waals surface area (Å²) in [5.41, 5.74) is 6.74. The lowest BCUT2D eigenvalue weighted by molar-refractivity contribution is 0.203. The Morgan fingerprint density at radius 2 is 2.25 bits per heavy atom. The van der Waals surface area contributed by atoms with Gasteiger partial charge in [0.15, 0.2) is 0 Å². The summed E-state index contributed by atoms with van der Waals surface area (Å²) in [6.45, 7) is 2.11. The second-order valence-electron chi connectivity index (χ2n) is 5.55. The van der Waals surface area contributed by atoms with Crippen molar-refractivity contribution in [1.29, 1.82) is 0 Å². The predicted molar refractivity (Wildman–Crippen MR) is 79.0 cm³/mol. The summed E-state index contributed by atoms with van der Waals surface area (Å²) in [6, 6.07) is 3.84. The number of aromatic nitrogens is 3. The zero-order valence-corrected chi connectivity index (χ0v) is 12.9. The van der Waals surface area contributed by atoms with E-state index < -0.39 is 0 Å². The van der Waals surface area contributed by atoms with Crippen LogP contribution < -0.4 is 5.73 Å². The molecule has 3 rings (SSSR count). The van der Waals surface area contributed by atoms with E-state index in [9.17, 15) is 0 Å². The van der Waals surface area contributed by atoms with Gasteiger partial charge < -0.3 is 10.3 Å². The number of nitrogens with zero attached hydrogens (tertiary/aromatic N) is 3. The number of hydrogen-bond acceptors (Lipinski definition) is 5. The molecule has 0 spiro atoms. The number of halogens is 1. The van der Waals surface area contributed by atoms with E-state index in [1.165, 1.54) is 6.42 Å². The minimum Gasteiger partial charge on any atom is -0.338 e. The lowest BCUT2D eigenvalue weighted by atomic mass is 9.72. The summed E-state index contributed by atoms with van der Waals surface area (Å²) in [7, 11) is 0. The summed E-state index contributed by atoms with van der Waals surface area (Å²) in [5.74, 6) is 1.15. The molecule has 1 saturated carbocycles. The van der Waals surface area contributed by atoms with Crippen LogP contribution in [0.5, 0.6) is 0 Å². The van der Waals surface area contributed by atoms with Gasteiger partial charge in [0, 0.05) is 16.7 Å². The Morgan fingerprint density at radius 3 is 2.95 bits per heavy atom. The summed E-state index contributed by atoms with van der Waals surface area (Å²) < 4.78 is 6.39. The van der Waals surface area contributed by atoms with Gasteiger partial charge in [0.05, 0.1) is 5.41 Å². The van der Waals surface area contributed by atoms with Gasteiger partial charge in [-0.05, 0) is 47.8 Å². The zero-order valence-electron chi connectivity index (χ0n) is 11.3. The molecule has 2 atom stereocenters. The molecule has 5 nitrogen and oxygen atoms in total. The van der Waals surface area contributed by atoms with E-state index in [0.717, 1.165) is 23.7 Å². The zero-order chi connectivity index (χ0) is 14.2. The molecule has 1 aliphatic rings. The normalized spacial score (nSPS) is 26.6. The first kappa shape index (κ1) is 13.7. The average Bonchev–Trinajstić information content (AvgIpc) is 2.93. The van der Waals surface area contributed by atoms with Crippen molar-refractivity contribution in [3.63, 3.8) is 0 Å². The van der Waals surface area contributed by atoms with Crippen LogP contribution in [0.4, 0.5) is 0 Å². The third-order valence-electron chi connectivity index (χ3n) is 4.15. The first-order valence-corrected chi connectivity index (χ1v) is 7.60. The largest absolute Gasteiger partial charge is 0.338 e. The molecule has 6 heteroatoms. The Hall–Kier alpha value is -1.27. The SMILES string of the molecule is CC1(c2nc(-c3ccc(Br)cn3)no2)CCCCC1N. The Bertz CT molecular complexity index is 597. The first-order chi connectivity index (χ1) is 9.59. The van der Waals surface area contributed by atoms with Gasteiger partial charge in [0.1, 0.15) is 5.69 Å². The molecule has 0 radical (unpaired) electrons. The summed E-state index contributed by atoms with van der Waals surface area (Å²) >= 11 is 3.36. The minimum atomic E-state index is -0.223. The van der Waals surface area contributed by atoms with Crippen LogP contribution in [0.15, 0.2) is 27.3 Å². The monoisotopic (exact) mass is 336 g/mol. The maximum atomic E-state index is 6.26. The van der Waals surface area contributed by atoms with E-state index in [0.29, 0.717) is 17.4 Å². The number of rotatable bonds is 2. The van der Waals surface area contributed by atoms with Gasteiger partial charge in [0.25, 0.3) is 0 Å². The fraction of sp³-hybridized carbons (Fsp3) is 0.500. The highest BCUT2D eigenvalue weighted by Crippen LogP contribution is 2.37. The summed E-state index contributed by atoms with van der Waals surface area (Å²) in [5, 5.41) is 4.05. The number of nitrogens with two attached hydrogens (primary N) is 1. The van der Waals surface area contributed by atoms with Crippen molar-refractivity contribution in [2.24, 2.45) is 5.73 Å². The highest BCUT2D eigenvalue weighted by molar-refractivity contribution is 9.10. The van der Waals surface area contributed by atoms with Crippen molar-refractivity contribution in [3.05, 3.63) is 28.7 Å². The average molecular weight is 337 g/mol. The number of pyridine rings is 1. The van der Waals surface area contributed by atoms with E-state index in [2.05, 4.69) is 38.0 Å². The molecule has 0 aromatic carbocycles. The molecular formula is C14H17BrN4O. The van der Waals surface area contributed by atoms with Crippen molar-refractivity contribution >= 4 is 15.9 Å². The van der Waals surface area contributed by atoms with Crippen molar-refractivity contribution in [3.8, 4) is 11.5 Å². The second kappa shape index (κ2) is 5.26. The van der Waals surface area contributed by atoms with Crippen LogP contribution in [0, 0.1) is 0 Å². The highest BCUT2D eigenvalue weighted by atomic mass is 79.9. The van der Waals surface area contributed by atoms with Crippen molar-refractivity contribution in [2.75, 3.05) is 0 Å². The van der Waals surface area contributed by atoms with Crippen LogP contribution in [0.3, 0.4) is 0 Å². The summed E-state index contributed by atoms with van der Waals surface area (Å²) in [4.78, 5) is 8.81. The fourth-order valence-electron chi connectivity index (χ4n) is 2.69. The second-order valence-corrected chi connectivity index (χ2v) is 6.47. The van der Waals surface area contributed by atoms with E-state index >= 15 is 0 Å². The van der Waals surface area contributed by atoms with E-state index in [1.54, 1.807) is 6.20 Å². The maximum absolute atomic E-state index is 6.26. The fourth-order valence-corrected chi connectivity index (χ4v) is 2.93. The Labute approximate surface area is 126 Å². The molecule has 0 aliphatic heterocycles. The minimum absolute atomic E-state index is 0.0717. The topological polar surface area (TPSA) is 77.8 Å². The molecular weight excluding hydrogens is 320 g/mol. The summed E-state index contributed by atoms with van der Waals surface area (Å²) in [6.07, 6.45) is 6.04. The first-order valence-electron chi connectivity index (χ1n) is 6.81. The van der Waals surface area contributed by atoms with Gasteiger partial charge in [0.2, 0.25) is 11.7 Å². The lowest BCUT2D eigenvalue weighted by Crippen LogP contribution is -2.45. The molecule has 20 heavy (non-hydrogen) atoms. The van der Waals surface area contributed by atoms with Gasteiger partial charge >= 0.3 is 0 Å². The van der Waals surface area contributed by atoms with Gasteiger partial charge in [-0.15, -0.1) is 0 Å². The van der Waals surface area contributed by atoms with E-state index in [4.69, 9.17) is 10.3 Å². The van der Waals surface area contributed by atoms with Gasteiger partial charge in [-0.2, -0.15) is 4.98 Å².